The van der Waals surface area contributed by atoms with E-state index in [0.29, 0.717) is 48.8 Å². The van der Waals surface area contributed by atoms with Gasteiger partial charge >= 0.3 is 6.09 Å². The van der Waals surface area contributed by atoms with Gasteiger partial charge in [0.05, 0.1) is 5.71 Å². The van der Waals surface area contributed by atoms with E-state index >= 15 is 0 Å². The van der Waals surface area contributed by atoms with Crippen molar-refractivity contribution >= 4 is 17.4 Å². The molecule has 32 heavy (non-hydrogen) atoms. The van der Waals surface area contributed by atoms with Crippen molar-refractivity contribution in [1.82, 2.24) is 20.4 Å². The summed E-state index contributed by atoms with van der Waals surface area (Å²) in [5.74, 6) is 0.454. The molecule has 2 N–H and O–H groups in total. The second-order valence-corrected chi connectivity index (χ2v) is 8.59. The summed E-state index contributed by atoms with van der Waals surface area (Å²) in [5, 5.41) is 15.0. The number of hydrogen-bond donors (Lipinski definition) is 2. The molecule has 1 aromatic heterocycles. The Morgan fingerprint density at radius 2 is 2.09 bits per heavy atom. The van der Waals surface area contributed by atoms with Crippen LogP contribution in [0.2, 0.25) is 0 Å². The summed E-state index contributed by atoms with van der Waals surface area (Å²) in [6, 6.07) is 0. The van der Waals surface area contributed by atoms with Gasteiger partial charge in [-0.15, -0.1) is 0 Å². The summed E-state index contributed by atoms with van der Waals surface area (Å²) in [4.78, 5) is 18.4. The van der Waals surface area contributed by atoms with E-state index in [4.69, 9.17) is 14.7 Å². The van der Waals surface area contributed by atoms with Crippen LogP contribution in [0.25, 0.3) is 5.57 Å². The van der Waals surface area contributed by atoms with Crippen LogP contribution >= 0.6 is 0 Å². The summed E-state index contributed by atoms with van der Waals surface area (Å²) in [5.41, 5.74) is 1.04. The molecule has 1 saturated heterocycles. The van der Waals surface area contributed by atoms with Gasteiger partial charge in [-0.2, -0.15) is 4.98 Å². The van der Waals surface area contributed by atoms with Crippen molar-refractivity contribution in [3.8, 4) is 0 Å². The molecule has 3 rings (SSSR count). The monoisotopic (exact) mass is 441 g/mol. The molecule has 0 unspecified atom stereocenters. The van der Waals surface area contributed by atoms with Gasteiger partial charge in [0, 0.05) is 42.6 Å². The van der Waals surface area contributed by atoms with Gasteiger partial charge in [0.25, 0.3) is 0 Å². The SMILES string of the molecule is C=C(F)/C=C/N/C=C1/C=CC(c2noc(C3CCN(C(=O)OC(C)(C)C)CC3)n2)=CC1=N. The van der Waals surface area contributed by atoms with Gasteiger partial charge in [-0.3, -0.25) is 0 Å². The summed E-state index contributed by atoms with van der Waals surface area (Å²) in [7, 11) is 0. The highest BCUT2D eigenvalue weighted by Crippen LogP contribution is 2.29. The van der Waals surface area contributed by atoms with Crippen molar-refractivity contribution in [3.05, 3.63) is 66.4 Å². The lowest BCUT2D eigenvalue weighted by Crippen LogP contribution is -2.41. The van der Waals surface area contributed by atoms with Gasteiger partial charge in [-0.1, -0.05) is 23.9 Å². The van der Waals surface area contributed by atoms with Crippen LogP contribution in [0.15, 0.2) is 59.2 Å². The second kappa shape index (κ2) is 9.76. The minimum absolute atomic E-state index is 0.0688. The molecule has 8 nitrogen and oxygen atoms in total. The Morgan fingerprint density at radius 1 is 1.38 bits per heavy atom. The number of nitrogens with one attached hydrogen (secondary N) is 2. The van der Waals surface area contributed by atoms with Crippen LogP contribution in [-0.2, 0) is 4.74 Å². The molecule has 0 radical (unpaired) electrons. The minimum atomic E-state index is -0.559. The third-order valence-electron chi connectivity index (χ3n) is 4.85. The van der Waals surface area contributed by atoms with Gasteiger partial charge in [0.2, 0.25) is 11.7 Å². The maximum Gasteiger partial charge on any atom is 0.410 e. The molecule has 1 aliphatic heterocycles. The van der Waals surface area contributed by atoms with E-state index in [1.165, 1.54) is 12.3 Å². The molecule has 0 bridgehead atoms. The average Bonchev–Trinajstić information content (AvgIpc) is 3.21. The number of carbonyl (C=O) groups is 1. The Labute approximate surface area is 186 Å². The zero-order valence-electron chi connectivity index (χ0n) is 18.5. The number of rotatable bonds is 5. The zero-order valence-corrected chi connectivity index (χ0v) is 18.5. The molecule has 0 saturated carbocycles. The van der Waals surface area contributed by atoms with Gasteiger partial charge in [-0.25, -0.2) is 9.18 Å². The van der Waals surface area contributed by atoms with E-state index in [-0.39, 0.29) is 17.7 Å². The molecule has 0 aromatic carbocycles. The molecule has 0 atom stereocenters. The van der Waals surface area contributed by atoms with Crippen LogP contribution in [0.5, 0.6) is 0 Å². The van der Waals surface area contributed by atoms with E-state index in [0.717, 1.165) is 0 Å². The van der Waals surface area contributed by atoms with E-state index in [9.17, 15) is 9.18 Å². The normalized spacial score (nSPS) is 18.9. The lowest BCUT2D eigenvalue weighted by atomic mass is 9.97. The summed E-state index contributed by atoms with van der Waals surface area (Å²) < 4.78 is 23.5. The molecule has 2 aliphatic rings. The Morgan fingerprint density at radius 3 is 2.72 bits per heavy atom. The molecule has 0 spiro atoms. The molecule has 1 aromatic rings. The van der Waals surface area contributed by atoms with Crippen LogP contribution in [0.1, 0.15) is 51.2 Å². The number of likely N-dealkylation sites (tertiary alicyclic amines) is 1. The highest BCUT2D eigenvalue weighted by molar-refractivity contribution is 6.14. The van der Waals surface area contributed by atoms with Crippen LogP contribution < -0.4 is 5.32 Å². The number of ether oxygens (including phenoxy) is 1. The summed E-state index contributed by atoms with van der Waals surface area (Å²) in [6.45, 7) is 9.81. The van der Waals surface area contributed by atoms with Gasteiger partial charge in [-0.05, 0) is 45.8 Å². The maximum atomic E-state index is 12.6. The number of allylic oxidation sites excluding steroid dienone is 7. The highest BCUT2D eigenvalue weighted by Gasteiger charge is 2.30. The Kier molecular flexibility index (Phi) is 7.07. The lowest BCUT2D eigenvalue weighted by molar-refractivity contribution is 0.0198. The predicted octanol–water partition coefficient (Wildman–Crippen LogP) is 4.63. The largest absolute Gasteiger partial charge is 0.444 e. The molecular formula is C23H28FN5O3. The fraction of sp³-hybridized carbons (Fsp3) is 0.391. The molecule has 1 amide bonds. The van der Waals surface area contributed by atoms with Crippen molar-refractivity contribution in [2.45, 2.75) is 45.1 Å². The smallest absolute Gasteiger partial charge is 0.410 e. The number of piperidine rings is 1. The highest BCUT2D eigenvalue weighted by atomic mass is 19.1. The summed E-state index contributed by atoms with van der Waals surface area (Å²) >= 11 is 0. The molecule has 1 fully saturated rings. The molecule has 1 aliphatic carbocycles. The minimum Gasteiger partial charge on any atom is -0.444 e. The second-order valence-electron chi connectivity index (χ2n) is 8.59. The fourth-order valence-electron chi connectivity index (χ4n) is 3.25. The standard InChI is InChI=1S/C23H28FN5O3/c1-15(24)7-10-26-14-18-6-5-17(13-19(18)25)20-27-21(32-28-20)16-8-11-29(12-9-16)22(30)31-23(2,3)4/h5-7,10,13-14,16,25-26H,1,8-9,11-12H2,2-4H3/b10-7+,18-14-,25-19?. The first-order valence-electron chi connectivity index (χ1n) is 10.4. The number of hydrogen-bond acceptors (Lipinski definition) is 7. The third kappa shape index (κ3) is 6.26. The Bertz CT molecular complexity index is 1010. The number of halogens is 1. The Hall–Kier alpha value is -3.49. The third-order valence-corrected chi connectivity index (χ3v) is 4.85. The van der Waals surface area contributed by atoms with Crippen molar-refractivity contribution in [1.29, 1.82) is 5.41 Å². The molecular weight excluding hydrogens is 413 g/mol. The number of amides is 1. The van der Waals surface area contributed by atoms with Crippen molar-refractivity contribution in [3.63, 3.8) is 0 Å². The molecule has 9 heteroatoms. The number of nitrogens with zero attached hydrogens (tertiary/aromatic N) is 3. The van der Waals surface area contributed by atoms with Crippen LogP contribution in [0.3, 0.4) is 0 Å². The van der Waals surface area contributed by atoms with Gasteiger partial charge in [0.1, 0.15) is 11.4 Å². The zero-order chi connectivity index (χ0) is 23.3. The first kappa shape index (κ1) is 23.2. The van der Waals surface area contributed by atoms with E-state index in [2.05, 4.69) is 22.0 Å². The predicted molar refractivity (Wildman–Crippen MR) is 120 cm³/mol. The quantitative estimate of drug-likeness (QED) is 0.646. The first-order chi connectivity index (χ1) is 15.1. The van der Waals surface area contributed by atoms with Gasteiger partial charge in [0.15, 0.2) is 0 Å². The molecule has 170 valence electrons. The van der Waals surface area contributed by atoms with Crippen molar-refractivity contribution in [2.24, 2.45) is 0 Å². The number of aromatic nitrogens is 2. The number of carbonyl (C=O) groups excluding carboxylic acids is 1. The topological polar surface area (TPSA) is 104 Å². The Balaban J connectivity index is 1.58. The molecule has 2 heterocycles. The van der Waals surface area contributed by atoms with E-state index in [1.807, 2.05) is 20.8 Å². The average molecular weight is 442 g/mol. The van der Waals surface area contributed by atoms with E-state index in [1.54, 1.807) is 29.3 Å². The fourth-order valence-corrected chi connectivity index (χ4v) is 3.25. The first-order valence-corrected chi connectivity index (χ1v) is 10.4. The van der Waals surface area contributed by atoms with Crippen LogP contribution in [-0.4, -0.2) is 45.5 Å². The summed E-state index contributed by atoms with van der Waals surface area (Å²) in [6.07, 6.45) is 10.5. The maximum absolute atomic E-state index is 12.6. The van der Waals surface area contributed by atoms with Crippen molar-refractivity contribution < 1.29 is 18.4 Å². The van der Waals surface area contributed by atoms with E-state index < -0.39 is 11.4 Å². The van der Waals surface area contributed by atoms with Crippen molar-refractivity contribution in [2.75, 3.05) is 13.1 Å². The van der Waals surface area contributed by atoms with Crippen LogP contribution in [0, 0.1) is 5.41 Å². The lowest BCUT2D eigenvalue weighted by Gasteiger charge is -2.32. The van der Waals surface area contributed by atoms with Gasteiger partial charge < -0.3 is 24.9 Å². The van der Waals surface area contributed by atoms with Crippen LogP contribution in [0.4, 0.5) is 9.18 Å².